The second-order valence-corrected chi connectivity index (χ2v) is 6.51. The molecule has 132 valence electrons. The van der Waals surface area contributed by atoms with Gasteiger partial charge in [-0.15, -0.1) is 0 Å². The summed E-state index contributed by atoms with van der Waals surface area (Å²) in [5, 5.41) is 6.83. The summed E-state index contributed by atoms with van der Waals surface area (Å²) in [6.45, 7) is 0.952. The van der Waals surface area contributed by atoms with Crippen molar-refractivity contribution in [1.29, 1.82) is 0 Å². The van der Waals surface area contributed by atoms with Gasteiger partial charge in [-0.2, -0.15) is 0 Å². The van der Waals surface area contributed by atoms with Crippen molar-refractivity contribution in [2.75, 3.05) is 13.1 Å². The molecular formula is C19H20Cl2N2O2. The normalized spacial score (nSPS) is 10.3. The van der Waals surface area contributed by atoms with E-state index in [0.29, 0.717) is 36.0 Å². The Labute approximate surface area is 157 Å². The molecule has 0 aliphatic rings. The molecule has 2 aromatic rings. The van der Waals surface area contributed by atoms with E-state index in [1.165, 1.54) is 0 Å². The van der Waals surface area contributed by atoms with Crippen molar-refractivity contribution in [3.05, 3.63) is 69.7 Å². The number of hydrogen-bond donors (Lipinski definition) is 2. The van der Waals surface area contributed by atoms with Crippen LogP contribution in [0, 0.1) is 0 Å². The second kappa shape index (κ2) is 10.1. The van der Waals surface area contributed by atoms with Crippen LogP contribution in [0.2, 0.25) is 10.0 Å². The molecule has 0 saturated carbocycles. The van der Waals surface area contributed by atoms with Gasteiger partial charge in [-0.05, 0) is 48.2 Å². The monoisotopic (exact) mass is 378 g/mol. The fourth-order valence-corrected chi connectivity index (χ4v) is 2.65. The van der Waals surface area contributed by atoms with Gasteiger partial charge in [-0.1, -0.05) is 47.5 Å². The van der Waals surface area contributed by atoms with Crippen molar-refractivity contribution >= 4 is 35.0 Å². The maximum Gasteiger partial charge on any atom is 0.229 e. The van der Waals surface area contributed by atoms with Gasteiger partial charge in [-0.3, -0.25) is 9.59 Å². The van der Waals surface area contributed by atoms with E-state index < -0.39 is 0 Å². The molecule has 0 radical (unpaired) electrons. The van der Waals surface area contributed by atoms with Crippen LogP contribution in [0.1, 0.15) is 17.5 Å². The van der Waals surface area contributed by atoms with Crippen LogP contribution in [-0.4, -0.2) is 24.9 Å². The lowest BCUT2D eigenvalue weighted by atomic mass is 10.1. The van der Waals surface area contributed by atoms with Gasteiger partial charge in [0, 0.05) is 23.1 Å². The van der Waals surface area contributed by atoms with Gasteiger partial charge in [0.05, 0.1) is 0 Å². The van der Waals surface area contributed by atoms with Gasteiger partial charge in [0.2, 0.25) is 11.8 Å². The molecule has 0 fully saturated rings. The molecule has 0 aliphatic carbocycles. The Kier molecular flexibility index (Phi) is 7.76. The van der Waals surface area contributed by atoms with E-state index in [-0.39, 0.29) is 18.2 Å². The average molecular weight is 379 g/mol. The Bertz CT molecular complexity index is 718. The molecule has 0 saturated heterocycles. The number of hydrogen-bond acceptors (Lipinski definition) is 2. The quantitative estimate of drug-likeness (QED) is 0.691. The van der Waals surface area contributed by atoms with E-state index in [1.807, 2.05) is 42.5 Å². The molecule has 2 rings (SSSR count). The number of nitrogens with one attached hydrogen (secondary N) is 2. The standard InChI is InChI=1S/C19H20Cl2N2O2/c20-16-6-4-14(5-7-16)8-10-22-18(24)13-19(25)23-11-9-15-2-1-3-17(21)12-15/h1-7,12H,8-11,13H2,(H,22,24)(H,23,25). The third-order valence-corrected chi connectivity index (χ3v) is 4.08. The summed E-state index contributed by atoms with van der Waals surface area (Å²) in [5.41, 5.74) is 2.12. The van der Waals surface area contributed by atoms with E-state index in [0.717, 1.165) is 11.1 Å². The lowest BCUT2D eigenvalue weighted by molar-refractivity contribution is -0.129. The van der Waals surface area contributed by atoms with Gasteiger partial charge >= 0.3 is 0 Å². The van der Waals surface area contributed by atoms with Crippen molar-refractivity contribution in [2.24, 2.45) is 0 Å². The Balaban J connectivity index is 1.61. The van der Waals surface area contributed by atoms with Crippen molar-refractivity contribution in [3.8, 4) is 0 Å². The fraction of sp³-hybridized carbons (Fsp3) is 0.263. The molecule has 0 heterocycles. The van der Waals surface area contributed by atoms with Gasteiger partial charge in [0.15, 0.2) is 0 Å². The topological polar surface area (TPSA) is 58.2 Å². The molecule has 0 aromatic heterocycles. The average Bonchev–Trinajstić information content (AvgIpc) is 2.57. The SMILES string of the molecule is O=C(CC(=O)NCCc1cccc(Cl)c1)NCCc1ccc(Cl)cc1. The zero-order valence-corrected chi connectivity index (χ0v) is 15.2. The number of carbonyl (C=O) groups excluding carboxylic acids is 2. The molecule has 2 amide bonds. The van der Waals surface area contributed by atoms with Crippen LogP contribution in [0.4, 0.5) is 0 Å². The van der Waals surface area contributed by atoms with Gasteiger partial charge < -0.3 is 10.6 Å². The third-order valence-electron chi connectivity index (χ3n) is 3.60. The highest BCUT2D eigenvalue weighted by molar-refractivity contribution is 6.30. The molecular weight excluding hydrogens is 359 g/mol. The lowest BCUT2D eigenvalue weighted by Crippen LogP contribution is -2.33. The smallest absolute Gasteiger partial charge is 0.229 e. The van der Waals surface area contributed by atoms with Gasteiger partial charge in [0.25, 0.3) is 0 Å². The second-order valence-electron chi connectivity index (χ2n) is 5.63. The fourth-order valence-electron chi connectivity index (χ4n) is 2.31. The third kappa shape index (κ3) is 7.59. The van der Waals surface area contributed by atoms with E-state index in [2.05, 4.69) is 10.6 Å². The Morgan fingerprint density at radius 1 is 0.760 bits per heavy atom. The zero-order valence-electron chi connectivity index (χ0n) is 13.7. The molecule has 0 unspecified atom stereocenters. The van der Waals surface area contributed by atoms with E-state index in [9.17, 15) is 9.59 Å². The molecule has 2 N–H and O–H groups in total. The highest BCUT2D eigenvalue weighted by Crippen LogP contribution is 2.11. The summed E-state index contributed by atoms with van der Waals surface area (Å²) >= 11 is 11.7. The first-order chi connectivity index (χ1) is 12.0. The van der Waals surface area contributed by atoms with Crippen LogP contribution >= 0.6 is 23.2 Å². The van der Waals surface area contributed by atoms with Crippen LogP contribution in [0.15, 0.2) is 48.5 Å². The summed E-state index contributed by atoms with van der Waals surface area (Å²) in [7, 11) is 0. The minimum absolute atomic E-state index is 0.170. The summed E-state index contributed by atoms with van der Waals surface area (Å²) in [5.74, 6) is -0.569. The first kappa shape index (κ1) is 19.3. The molecule has 4 nitrogen and oxygen atoms in total. The van der Waals surface area contributed by atoms with Crippen molar-refractivity contribution in [1.82, 2.24) is 10.6 Å². The van der Waals surface area contributed by atoms with Gasteiger partial charge in [0.1, 0.15) is 6.42 Å². The molecule has 0 aliphatic heterocycles. The largest absolute Gasteiger partial charge is 0.355 e. The summed E-state index contributed by atoms with van der Waals surface area (Å²) in [4.78, 5) is 23.5. The van der Waals surface area contributed by atoms with E-state index >= 15 is 0 Å². The number of carbonyl (C=O) groups is 2. The number of amides is 2. The summed E-state index contributed by atoms with van der Waals surface area (Å²) in [6.07, 6.45) is 1.19. The minimum atomic E-state index is -0.286. The van der Waals surface area contributed by atoms with E-state index in [1.54, 1.807) is 6.07 Å². The number of halogens is 2. The maximum absolute atomic E-state index is 11.8. The van der Waals surface area contributed by atoms with Crippen LogP contribution in [0.3, 0.4) is 0 Å². The number of benzene rings is 2. The predicted molar refractivity (Wildman–Crippen MR) is 101 cm³/mol. The summed E-state index contributed by atoms with van der Waals surface area (Å²) in [6, 6.07) is 14.9. The van der Waals surface area contributed by atoms with Crippen LogP contribution in [0.5, 0.6) is 0 Å². The first-order valence-electron chi connectivity index (χ1n) is 8.05. The van der Waals surface area contributed by atoms with Crippen molar-refractivity contribution in [3.63, 3.8) is 0 Å². The maximum atomic E-state index is 11.8. The predicted octanol–water partition coefficient (Wildman–Crippen LogP) is 3.40. The molecule has 0 bridgehead atoms. The highest BCUT2D eigenvalue weighted by atomic mass is 35.5. The number of rotatable bonds is 8. The van der Waals surface area contributed by atoms with E-state index in [4.69, 9.17) is 23.2 Å². The van der Waals surface area contributed by atoms with Crippen molar-refractivity contribution < 1.29 is 9.59 Å². The Morgan fingerprint density at radius 2 is 1.36 bits per heavy atom. The molecule has 25 heavy (non-hydrogen) atoms. The Morgan fingerprint density at radius 3 is 1.96 bits per heavy atom. The summed E-state index contributed by atoms with van der Waals surface area (Å²) < 4.78 is 0. The van der Waals surface area contributed by atoms with Gasteiger partial charge in [-0.25, -0.2) is 0 Å². The van der Waals surface area contributed by atoms with Crippen LogP contribution < -0.4 is 10.6 Å². The molecule has 2 aromatic carbocycles. The molecule has 0 spiro atoms. The molecule has 0 atom stereocenters. The van der Waals surface area contributed by atoms with Crippen LogP contribution in [-0.2, 0) is 22.4 Å². The Hall–Kier alpha value is -2.04. The van der Waals surface area contributed by atoms with Crippen molar-refractivity contribution in [2.45, 2.75) is 19.3 Å². The minimum Gasteiger partial charge on any atom is -0.355 e. The molecule has 6 heteroatoms. The zero-order chi connectivity index (χ0) is 18.1. The highest BCUT2D eigenvalue weighted by Gasteiger charge is 2.08. The first-order valence-corrected chi connectivity index (χ1v) is 8.81. The lowest BCUT2D eigenvalue weighted by Gasteiger charge is -2.07. The van der Waals surface area contributed by atoms with Crippen LogP contribution in [0.25, 0.3) is 0 Å².